The maximum Gasteiger partial charge on any atom is 0.0640 e. The monoisotopic (exact) mass is 700 g/mol. The number of hydrogen-bond donors (Lipinski definition) is 0. The largest absolute Gasteiger partial charge is 0.309 e. The van der Waals surface area contributed by atoms with Crippen molar-refractivity contribution in [3.05, 3.63) is 194 Å². The van der Waals surface area contributed by atoms with Crippen LogP contribution in [0.2, 0.25) is 0 Å². The van der Waals surface area contributed by atoms with Crippen molar-refractivity contribution < 1.29 is 0 Å². The fourth-order valence-electron chi connectivity index (χ4n) is 7.44. The van der Waals surface area contributed by atoms with E-state index in [0.29, 0.717) is 0 Å². The SMILES string of the molecule is c1ccc(-c2ccc(N(c3ccc4sc5c(N(c6ccccc6)c6ccccc6)cccc5c4c3)c3cccc4c3sc3ccccc34)cc2)cc1. The van der Waals surface area contributed by atoms with Gasteiger partial charge in [0.2, 0.25) is 0 Å². The van der Waals surface area contributed by atoms with E-state index in [1.165, 1.54) is 62.8 Å². The lowest BCUT2D eigenvalue weighted by molar-refractivity contribution is 1.30. The maximum absolute atomic E-state index is 2.44. The predicted octanol–water partition coefficient (Wildman–Crippen LogP) is 15.0. The van der Waals surface area contributed by atoms with Crippen LogP contribution in [0.3, 0.4) is 0 Å². The Kier molecular flexibility index (Phi) is 7.56. The van der Waals surface area contributed by atoms with Gasteiger partial charge in [0.05, 0.1) is 20.8 Å². The molecule has 52 heavy (non-hydrogen) atoms. The molecular formula is C48H32N2S2. The summed E-state index contributed by atoms with van der Waals surface area (Å²) in [6, 6.07) is 70.2. The summed E-state index contributed by atoms with van der Waals surface area (Å²) < 4.78 is 5.13. The van der Waals surface area contributed by atoms with Crippen molar-refractivity contribution in [3.63, 3.8) is 0 Å². The minimum atomic E-state index is 1.13. The van der Waals surface area contributed by atoms with E-state index in [2.05, 4.69) is 204 Å². The van der Waals surface area contributed by atoms with Crippen LogP contribution in [-0.4, -0.2) is 0 Å². The molecule has 0 unspecified atom stereocenters. The number of para-hydroxylation sites is 2. The molecule has 0 saturated carbocycles. The first-order valence-electron chi connectivity index (χ1n) is 17.5. The molecule has 0 N–H and O–H groups in total. The lowest BCUT2D eigenvalue weighted by atomic mass is 10.0. The van der Waals surface area contributed by atoms with E-state index in [0.717, 1.165) is 22.7 Å². The molecule has 0 aliphatic heterocycles. The zero-order chi connectivity index (χ0) is 34.4. The van der Waals surface area contributed by atoms with E-state index < -0.39 is 0 Å². The number of hydrogen-bond acceptors (Lipinski definition) is 4. The lowest BCUT2D eigenvalue weighted by Gasteiger charge is -2.26. The van der Waals surface area contributed by atoms with E-state index in [4.69, 9.17) is 0 Å². The third-order valence-corrected chi connectivity index (χ3v) is 12.3. The highest BCUT2D eigenvalue weighted by atomic mass is 32.1. The van der Waals surface area contributed by atoms with Gasteiger partial charge in [-0.1, -0.05) is 121 Å². The first-order chi connectivity index (χ1) is 25.8. The lowest BCUT2D eigenvalue weighted by Crippen LogP contribution is -2.10. The van der Waals surface area contributed by atoms with Crippen LogP contribution in [0.1, 0.15) is 0 Å². The average Bonchev–Trinajstić information content (AvgIpc) is 3.79. The molecule has 10 rings (SSSR count). The first-order valence-corrected chi connectivity index (χ1v) is 19.1. The summed E-state index contributed by atoms with van der Waals surface area (Å²) in [6.45, 7) is 0. The minimum Gasteiger partial charge on any atom is -0.309 e. The number of nitrogens with zero attached hydrogens (tertiary/aromatic N) is 2. The molecule has 2 aromatic heterocycles. The van der Waals surface area contributed by atoms with E-state index in [-0.39, 0.29) is 0 Å². The van der Waals surface area contributed by atoms with Crippen molar-refractivity contribution in [3.8, 4) is 11.1 Å². The average molecular weight is 701 g/mol. The predicted molar refractivity (Wildman–Crippen MR) is 227 cm³/mol. The van der Waals surface area contributed by atoms with Gasteiger partial charge in [-0.25, -0.2) is 0 Å². The van der Waals surface area contributed by atoms with Crippen LogP contribution < -0.4 is 9.80 Å². The Morgan fingerprint density at radius 3 is 1.37 bits per heavy atom. The highest BCUT2D eigenvalue weighted by Crippen LogP contribution is 2.48. The summed E-state index contributed by atoms with van der Waals surface area (Å²) in [5, 5.41) is 5.11. The van der Waals surface area contributed by atoms with Gasteiger partial charge < -0.3 is 9.80 Å². The number of benzene rings is 8. The number of fused-ring (bicyclic) bond motifs is 6. The zero-order valence-corrected chi connectivity index (χ0v) is 29.8. The van der Waals surface area contributed by atoms with Crippen molar-refractivity contribution >= 4 is 97.1 Å². The number of rotatable bonds is 7. The van der Waals surface area contributed by atoms with Gasteiger partial charge in [0.15, 0.2) is 0 Å². The van der Waals surface area contributed by atoms with E-state index in [9.17, 15) is 0 Å². The van der Waals surface area contributed by atoms with Crippen LogP contribution in [0.4, 0.5) is 34.1 Å². The van der Waals surface area contributed by atoms with E-state index in [1.54, 1.807) is 0 Å². The fourth-order valence-corrected chi connectivity index (χ4v) is 9.83. The molecule has 0 fully saturated rings. The van der Waals surface area contributed by atoms with Crippen molar-refractivity contribution in [2.24, 2.45) is 0 Å². The molecule has 0 radical (unpaired) electrons. The van der Waals surface area contributed by atoms with Crippen LogP contribution in [-0.2, 0) is 0 Å². The topological polar surface area (TPSA) is 6.48 Å². The molecule has 2 heterocycles. The van der Waals surface area contributed by atoms with Gasteiger partial charge >= 0.3 is 0 Å². The van der Waals surface area contributed by atoms with E-state index in [1.807, 2.05) is 22.7 Å². The second kappa shape index (κ2) is 12.8. The summed E-state index contributed by atoms with van der Waals surface area (Å²) in [4.78, 5) is 4.82. The van der Waals surface area contributed by atoms with Crippen molar-refractivity contribution in [1.82, 2.24) is 0 Å². The first kappa shape index (κ1) is 30.6. The Hall–Kier alpha value is -6.20. The molecule has 0 saturated heterocycles. The van der Waals surface area contributed by atoms with Crippen LogP contribution >= 0.6 is 22.7 Å². The molecule has 10 aromatic rings. The standard InChI is InChI=1S/C48H32N2S2/c1-4-14-33(15-5-1)34-26-28-37(29-27-34)50(44-24-12-21-40-39-20-10-11-25-45(39)51-47(40)44)38-30-31-46-42(32-38)41-22-13-23-43(48(41)52-46)49(35-16-6-2-7-17-35)36-18-8-3-9-19-36/h1-32H. The fraction of sp³-hybridized carbons (Fsp3) is 0. The maximum atomic E-state index is 2.44. The molecule has 0 aliphatic carbocycles. The second-order valence-corrected chi connectivity index (χ2v) is 15.0. The minimum absolute atomic E-state index is 1.13. The van der Waals surface area contributed by atoms with Crippen LogP contribution in [0.5, 0.6) is 0 Å². The molecule has 0 atom stereocenters. The van der Waals surface area contributed by atoms with Gasteiger partial charge in [-0.15, -0.1) is 22.7 Å². The molecule has 0 aliphatic rings. The summed E-state index contributed by atoms with van der Waals surface area (Å²) in [6.07, 6.45) is 0. The van der Waals surface area contributed by atoms with Crippen molar-refractivity contribution in [1.29, 1.82) is 0 Å². The van der Waals surface area contributed by atoms with Crippen molar-refractivity contribution in [2.45, 2.75) is 0 Å². The Labute approximate surface area is 310 Å². The van der Waals surface area contributed by atoms with Gasteiger partial charge in [-0.3, -0.25) is 0 Å². The summed E-state index contributed by atoms with van der Waals surface area (Å²) in [7, 11) is 0. The van der Waals surface area contributed by atoms with Gasteiger partial charge in [0.25, 0.3) is 0 Å². The van der Waals surface area contributed by atoms with Crippen LogP contribution in [0.15, 0.2) is 194 Å². The zero-order valence-electron chi connectivity index (χ0n) is 28.2. The third-order valence-electron chi connectivity index (χ3n) is 9.84. The van der Waals surface area contributed by atoms with Crippen LogP contribution in [0, 0.1) is 0 Å². The molecule has 8 aromatic carbocycles. The molecule has 0 amide bonds. The second-order valence-electron chi connectivity index (χ2n) is 12.9. The van der Waals surface area contributed by atoms with Gasteiger partial charge in [0.1, 0.15) is 0 Å². The Morgan fingerprint density at radius 2 is 0.731 bits per heavy atom. The smallest absolute Gasteiger partial charge is 0.0640 e. The molecular weight excluding hydrogens is 669 g/mol. The van der Waals surface area contributed by atoms with Gasteiger partial charge in [0, 0.05) is 53.7 Å². The Balaban J connectivity index is 1.17. The Morgan fingerprint density at radius 1 is 0.288 bits per heavy atom. The quantitative estimate of drug-likeness (QED) is 0.163. The summed E-state index contributed by atoms with van der Waals surface area (Å²) >= 11 is 3.73. The third kappa shape index (κ3) is 5.24. The highest BCUT2D eigenvalue weighted by molar-refractivity contribution is 7.26. The number of thiophene rings is 2. The molecule has 0 spiro atoms. The van der Waals surface area contributed by atoms with E-state index >= 15 is 0 Å². The Bertz CT molecular complexity index is 2800. The van der Waals surface area contributed by atoms with Crippen LogP contribution in [0.25, 0.3) is 51.5 Å². The normalized spacial score (nSPS) is 11.5. The van der Waals surface area contributed by atoms with Crippen molar-refractivity contribution in [2.75, 3.05) is 9.80 Å². The number of anilines is 6. The molecule has 2 nitrogen and oxygen atoms in total. The molecule has 0 bridgehead atoms. The van der Waals surface area contributed by atoms with Gasteiger partial charge in [-0.2, -0.15) is 0 Å². The molecule has 246 valence electrons. The highest BCUT2D eigenvalue weighted by Gasteiger charge is 2.21. The van der Waals surface area contributed by atoms with Gasteiger partial charge in [-0.05, 0) is 83.9 Å². The molecule has 4 heteroatoms. The summed E-state index contributed by atoms with van der Waals surface area (Å²) in [5.41, 5.74) is 9.33. The summed E-state index contributed by atoms with van der Waals surface area (Å²) in [5.74, 6) is 0.